The largest absolute Gasteiger partial charge is 0.441 e. The molecule has 0 aliphatic rings. The molecule has 27 heavy (non-hydrogen) atoms. The summed E-state index contributed by atoms with van der Waals surface area (Å²) in [6.07, 6.45) is 2.82. The first-order chi connectivity index (χ1) is 12.9. The summed E-state index contributed by atoms with van der Waals surface area (Å²) >= 11 is 1.57. The van der Waals surface area contributed by atoms with Gasteiger partial charge in [0.15, 0.2) is 0 Å². The molecule has 1 unspecified atom stereocenters. The predicted molar refractivity (Wildman–Crippen MR) is 108 cm³/mol. The Morgan fingerprint density at radius 3 is 2.78 bits per heavy atom. The van der Waals surface area contributed by atoms with Crippen LogP contribution >= 0.6 is 11.3 Å². The summed E-state index contributed by atoms with van der Waals surface area (Å²) in [5.74, 6) is 1.62. The van der Waals surface area contributed by atoms with Gasteiger partial charge in [0.1, 0.15) is 10.8 Å². The third-order valence-electron chi connectivity index (χ3n) is 4.28. The van der Waals surface area contributed by atoms with Crippen LogP contribution in [-0.2, 0) is 11.2 Å². The van der Waals surface area contributed by atoms with E-state index in [1.807, 2.05) is 43.5 Å². The summed E-state index contributed by atoms with van der Waals surface area (Å²) in [7, 11) is 0. The fourth-order valence-corrected chi connectivity index (χ4v) is 3.69. The number of nitrogens with one attached hydrogen (secondary N) is 1. The highest BCUT2D eigenvalue weighted by Crippen LogP contribution is 2.25. The highest BCUT2D eigenvalue weighted by Gasteiger charge is 2.21. The van der Waals surface area contributed by atoms with Gasteiger partial charge in [-0.2, -0.15) is 0 Å². The molecular formula is C21H25N3O2S. The standard InChI is InChI=1S/C21H25N3O2S/c1-13(2)10-18(21-22-8-9-27-21)23-19(25)12-17-15(4)26-20(24-17)16-7-5-6-14(3)11-16/h5-9,11,13,18H,10,12H2,1-4H3,(H,23,25). The van der Waals surface area contributed by atoms with E-state index >= 15 is 0 Å². The number of thiazole rings is 1. The molecule has 3 rings (SSSR count). The number of rotatable bonds is 7. The molecule has 0 spiro atoms. The monoisotopic (exact) mass is 383 g/mol. The van der Waals surface area contributed by atoms with Crippen LogP contribution in [0.15, 0.2) is 40.3 Å². The highest BCUT2D eigenvalue weighted by atomic mass is 32.1. The Labute approximate surface area is 163 Å². The Kier molecular flexibility index (Phi) is 6.06. The minimum Gasteiger partial charge on any atom is -0.441 e. The van der Waals surface area contributed by atoms with Gasteiger partial charge in [-0.3, -0.25) is 4.79 Å². The number of nitrogens with zero attached hydrogens (tertiary/aromatic N) is 2. The van der Waals surface area contributed by atoms with Gasteiger partial charge in [0, 0.05) is 17.1 Å². The Morgan fingerprint density at radius 1 is 1.30 bits per heavy atom. The molecule has 6 heteroatoms. The van der Waals surface area contributed by atoms with Gasteiger partial charge in [-0.25, -0.2) is 9.97 Å². The number of hydrogen-bond donors (Lipinski definition) is 1. The molecule has 0 aliphatic heterocycles. The average molecular weight is 384 g/mol. The summed E-state index contributed by atoms with van der Waals surface area (Å²) in [6.45, 7) is 8.16. The zero-order valence-electron chi connectivity index (χ0n) is 16.2. The van der Waals surface area contributed by atoms with Gasteiger partial charge in [-0.05, 0) is 38.3 Å². The van der Waals surface area contributed by atoms with E-state index < -0.39 is 0 Å². The van der Waals surface area contributed by atoms with E-state index in [-0.39, 0.29) is 18.4 Å². The number of benzene rings is 1. The Morgan fingerprint density at radius 2 is 2.11 bits per heavy atom. The maximum Gasteiger partial charge on any atom is 0.226 e. The molecule has 1 amide bonds. The van der Waals surface area contributed by atoms with Crippen LogP contribution in [0.2, 0.25) is 0 Å². The lowest BCUT2D eigenvalue weighted by Crippen LogP contribution is -2.31. The molecule has 0 aliphatic carbocycles. The summed E-state index contributed by atoms with van der Waals surface area (Å²) in [5, 5.41) is 5.99. The van der Waals surface area contributed by atoms with Crippen LogP contribution < -0.4 is 5.32 Å². The number of amides is 1. The number of aryl methyl sites for hydroxylation is 2. The molecule has 2 heterocycles. The van der Waals surface area contributed by atoms with Crippen LogP contribution in [0.5, 0.6) is 0 Å². The zero-order chi connectivity index (χ0) is 19.4. The average Bonchev–Trinajstić information content (AvgIpc) is 3.24. The van der Waals surface area contributed by atoms with Crippen molar-refractivity contribution >= 4 is 17.2 Å². The molecule has 2 aromatic heterocycles. The third kappa shape index (κ3) is 5.04. The molecule has 1 aromatic carbocycles. The van der Waals surface area contributed by atoms with E-state index in [9.17, 15) is 4.79 Å². The normalized spacial score (nSPS) is 12.3. The van der Waals surface area contributed by atoms with E-state index in [1.54, 1.807) is 17.5 Å². The first-order valence-electron chi connectivity index (χ1n) is 9.14. The number of oxazole rings is 1. The summed E-state index contributed by atoms with van der Waals surface area (Å²) in [5.41, 5.74) is 2.74. The lowest BCUT2D eigenvalue weighted by molar-refractivity contribution is -0.121. The van der Waals surface area contributed by atoms with Crippen molar-refractivity contribution in [1.29, 1.82) is 0 Å². The molecule has 1 atom stereocenters. The van der Waals surface area contributed by atoms with Gasteiger partial charge in [0.25, 0.3) is 0 Å². The summed E-state index contributed by atoms with van der Waals surface area (Å²) in [6, 6.07) is 7.92. The summed E-state index contributed by atoms with van der Waals surface area (Å²) < 4.78 is 5.80. The zero-order valence-corrected chi connectivity index (χ0v) is 17.0. The quantitative estimate of drug-likeness (QED) is 0.632. The van der Waals surface area contributed by atoms with E-state index in [2.05, 4.69) is 29.1 Å². The van der Waals surface area contributed by atoms with Gasteiger partial charge in [0.05, 0.1) is 18.2 Å². The van der Waals surface area contributed by atoms with Crippen molar-refractivity contribution < 1.29 is 9.21 Å². The second kappa shape index (κ2) is 8.48. The minimum absolute atomic E-state index is 0.0666. The van der Waals surface area contributed by atoms with Gasteiger partial charge < -0.3 is 9.73 Å². The van der Waals surface area contributed by atoms with Crippen LogP contribution in [-0.4, -0.2) is 15.9 Å². The summed E-state index contributed by atoms with van der Waals surface area (Å²) in [4.78, 5) is 21.6. The smallest absolute Gasteiger partial charge is 0.226 e. The van der Waals surface area contributed by atoms with Gasteiger partial charge >= 0.3 is 0 Å². The van der Waals surface area contributed by atoms with Crippen molar-refractivity contribution in [2.24, 2.45) is 5.92 Å². The van der Waals surface area contributed by atoms with Crippen LogP contribution in [0, 0.1) is 19.8 Å². The maximum absolute atomic E-state index is 12.6. The van der Waals surface area contributed by atoms with Crippen molar-refractivity contribution in [3.8, 4) is 11.5 Å². The lowest BCUT2D eigenvalue weighted by atomic mass is 10.0. The Balaban J connectivity index is 1.72. The fraction of sp³-hybridized carbons (Fsp3) is 0.381. The topological polar surface area (TPSA) is 68.0 Å². The second-order valence-electron chi connectivity index (χ2n) is 7.19. The molecule has 3 aromatic rings. The van der Waals surface area contributed by atoms with E-state index in [1.165, 1.54) is 0 Å². The van der Waals surface area contributed by atoms with Crippen molar-refractivity contribution in [2.75, 3.05) is 0 Å². The highest BCUT2D eigenvalue weighted by molar-refractivity contribution is 7.09. The molecule has 142 valence electrons. The maximum atomic E-state index is 12.6. The number of carbonyl (C=O) groups excluding carboxylic acids is 1. The van der Waals surface area contributed by atoms with Gasteiger partial charge in [-0.1, -0.05) is 31.5 Å². The number of carbonyl (C=O) groups is 1. The Hall–Kier alpha value is -2.47. The van der Waals surface area contributed by atoms with E-state index in [0.717, 1.165) is 22.6 Å². The number of aromatic nitrogens is 2. The molecular weight excluding hydrogens is 358 g/mol. The van der Waals surface area contributed by atoms with Gasteiger partial charge in [0.2, 0.25) is 11.8 Å². The SMILES string of the molecule is Cc1cccc(-c2nc(CC(=O)NC(CC(C)C)c3nccs3)c(C)o2)c1. The van der Waals surface area contributed by atoms with Crippen molar-refractivity contribution in [1.82, 2.24) is 15.3 Å². The van der Waals surface area contributed by atoms with E-state index in [4.69, 9.17) is 4.42 Å². The van der Waals surface area contributed by atoms with Crippen LogP contribution in [0.1, 0.15) is 48.3 Å². The Bertz CT molecular complexity index is 900. The minimum atomic E-state index is -0.0686. The lowest BCUT2D eigenvalue weighted by Gasteiger charge is -2.18. The van der Waals surface area contributed by atoms with Gasteiger partial charge in [-0.15, -0.1) is 11.3 Å². The second-order valence-corrected chi connectivity index (χ2v) is 8.11. The van der Waals surface area contributed by atoms with Crippen molar-refractivity contribution in [3.05, 3.63) is 57.9 Å². The predicted octanol–water partition coefficient (Wildman–Crippen LogP) is 4.86. The fourth-order valence-electron chi connectivity index (χ4n) is 2.99. The number of hydrogen-bond acceptors (Lipinski definition) is 5. The molecule has 5 nitrogen and oxygen atoms in total. The molecule has 1 N–H and O–H groups in total. The molecule has 0 saturated heterocycles. The first kappa shape index (κ1) is 19.3. The molecule has 0 saturated carbocycles. The first-order valence-corrected chi connectivity index (χ1v) is 10.0. The molecule has 0 bridgehead atoms. The van der Waals surface area contributed by atoms with Crippen molar-refractivity contribution in [3.63, 3.8) is 0 Å². The third-order valence-corrected chi connectivity index (χ3v) is 5.17. The van der Waals surface area contributed by atoms with Crippen LogP contribution in [0.4, 0.5) is 0 Å². The van der Waals surface area contributed by atoms with Crippen LogP contribution in [0.3, 0.4) is 0 Å². The van der Waals surface area contributed by atoms with Crippen molar-refractivity contribution in [2.45, 2.75) is 46.6 Å². The molecule has 0 fully saturated rings. The van der Waals surface area contributed by atoms with Crippen LogP contribution in [0.25, 0.3) is 11.5 Å². The molecule has 0 radical (unpaired) electrons. The van der Waals surface area contributed by atoms with E-state index in [0.29, 0.717) is 23.3 Å².